The molecule has 0 unspecified atom stereocenters. The predicted molar refractivity (Wildman–Crippen MR) is 127 cm³/mol. The molecular formula is C24H29N5O3S. The minimum absolute atomic E-state index is 0.164. The zero-order valence-electron chi connectivity index (χ0n) is 19.2. The summed E-state index contributed by atoms with van der Waals surface area (Å²) in [6.07, 6.45) is 8.98. The van der Waals surface area contributed by atoms with Crippen LogP contribution in [0.4, 0.5) is 0 Å². The number of hydrogen-bond acceptors (Lipinski definition) is 6. The van der Waals surface area contributed by atoms with Gasteiger partial charge in [-0.25, -0.2) is 8.42 Å². The van der Waals surface area contributed by atoms with Crippen LogP contribution >= 0.6 is 0 Å². The number of nitrogens with one attached hydrogen (secondary N) is 1. The fourth-order valence-electron chi connectivity index (χ4n) is 4.11. The van der Waals surface area contributed by atoms with Crippen LogP contribution in [0.25, 0.3) is 11.1 Å². The van der Waals surface area contributed by atoms with Crippen molar-refractivity contribution in [3.05, 3.63) is 65.7 Å². The van der Waals surface area contributed by atoms with Gasteiger partial charge in [0.2, 0.25) is 0 Å². The molecule has 0 aliphatic carbocycles. The molecule has 8 nitrogen and oxygen atoms in total. The first-order chi connectivity index (χ1) is 15.7. The van der Waals surface area contributed by atoms with E-state index in [0.717, 1.165) is 43.3 Å². The Morgan fingerprint density at radius 2 is 1.91 bits per heavy atom. The zero-order chi connectivity index (χ0) is 23.6. The molecular weight excluding hydrogens is 438 g/mol. The van der Waals surface area contributed by atoms with E-state index in [1.807, 2.05) is 18.3 Å². The Kier molecular flexibility index (Phi) is 6.62. The molecule has 0 bridgehead atoms. The summed E-state index contributed by atoms with van der Waals surface area (Å²) in [4.78, 5) is 19.5. The van der Waals surface area contributed by atoms with E-state index in [2.05, 4.69) is 38.2 Å². The number of sulfone groups is 1. The van der Waals surface area contributed by atoms with Crippen LogP contribution in [0.2, 0.25) is 0 Å². The van der Waals surface area contributed by atoms with Gasteiger partial charge >= 0.3 is 0 Å². The van der Waals surface area contributed by atoms with Crippen LogP contribution in [0.1, 0.15) is 40.5 Å². The summed E-state index contributed by atoms with van der Waals surface area (Å²) in [6, 6.07) is 8.98. The molecule has 9 heteroatoms. The van der Waals surface area contributed by atoms with E-state index < -0.39 is 9.84 Å². The number of benzene rings is 1. The van der Waals surface area contributed by atoms with Gasteiger partial charge in [-0.15, -0.1) is 0 Å². The SMILES string of the molecule is Cc1ccc(C(=O)NCc2cc(-c3cnn(C4CCN(C)CC4)c3)ccn2)cc1S(C)(=O)=O. The minimum atomic E-state index is -3.40. The Hall–Kier alpha value is -3.04. The number of amides is 1. The maximum atomic E-state index is 12.6. The molecule has 1 aromatic carbocycles. The number of carbonyl (C=O) groups excluding carboxylic acids is 1. The highest BCUT2D eigenvalue weighted by Gasteiger charge is 2.19. The van der Waals surface area contributed by atoms with Crippen molar-refractivity contribution < 1.29 is 13.2 Å². The third-order valence-corrected chi connectivity index (χ3v) is 7.33. The van der Waals surface area contributed by atoms with E-state index in [1.54, 1.807) is 25.3 Å². The van der Waals surface area contributed by atoms with Gasteiger partial charge < -0.3 is 10.2 Å². The lowest BCUT2D eigenvalue weighted by Gasteiger charge is -2.28. The van der Waals surface area contributed by atoms with Crippen LogP contribution in [0.15, 0.2) is 53.8 Å². The zero-order valence-corrected chi connectivity index (χ0v) is 20.0. The summed E-state index contributed by atoms with van der Waals surface area (Å²) < 4.78 is 25.9. The first kappa shape index (κ1) is 23.1. The van der Waals surface area contributed by atoms with Gasteiger partial charge in [-0.3, -0.25) is 14.5 Å². The van der Waals surface area contributed by atoms with E-state index >= 15 is 0 Å². The number of likely N-dealkylation sites (tertiary alicyclic amines) is 1. The summed E-state index contributed by atoms with van der Waals surface area (Å²) in [5.74, 6) is -0.345. The van der Waals surface area contributed by atoms with Gasteiger partial charge in [0, 0.05) is 29.8 Å². The Morgan fingerprint density at radius 3 is 2.64 bits per heavy atom. The maximum Gasteiger partial charge on any atom is 0.251 e. The van der Waals surface area contributed by atoms with E-state index in [-0.39, 0.29) is 17.3 Å². The van der Waals surface area contributed by atoms with Crippen LogP contribution in [0.3, 0.4) is 0 Å². The lowest BCUT2D eigenvalue weighted by molar-refractivity contribution is 0.0950. The molecule has 4 rings (SSSR count). The number of aryl methyl sites for hydroxylation is 1. The topological polar surface area (TPSA) is 97.2 Å². The maximum absolute atomic E-state index is 12.6. The largest absolute Gasteiger partial charge is 0.346 e. The normalized spacial score (nSPS) is 15.5. The second kappa shape index (κ2) is 9.44. The van der Waals surface area contributed by atoms with Crippen molar-refractivity contribution >= 4 is 15.7 Å². The Balaban J connectivity index is 1.44. The van der Waals surface area contributed by atoms with Crippen LogP contribution in [-0.2, 0) is 16.4 Å². The minimum Gasteiger partial charge on any atom is -0.346 e. The van der Waals surface area contributed by atoms with E-state index in [0.29, 0.717) is 22.9 Å². The quantitative estimate of drug-likeness (QED) is 0.599. The Bertz CT molecular complexity index is 1260. The predicted octanol–water partition coefficient (Wildman–Crippen LogP) is 2.85. The molecule has 0 atom stereocenters. The summed E-state index contributed by atoms with van der Waals surface area (Å²) >= 11 is 0. The van der Waals surface area contributed by atoms with Crippen molar-refractivity contribution in [3.8, 4) is 11.1 Å². The third kappa shape index (κ3) is 5.48. The molecule has 1 aliphatic rings. The molecule has 33 heavy (non-hydrogen) atoms. The molecule has 2 aromatic heterocycles. The van der Waals surface area contributed by atoms with Crippen LogP contribution in [-0.4, -0.2) is 60.4 Å². The van der Waals surface area contributed by atoms with Gasteiger partial charge in [-0.2, -0.15) is 5.10 Å². The van der Waals surface area contributed by atoms with Gasteiger partial charge in [-0.1, -0.05) is 6.07 Å². The van der Waals surface area contributed by atoms with E-state index in [1.165, 1.54) is 6.07 Å². The molecule has 0 radical (unpaired) electrons. The molecule has 1 amide bonds. The van der Waals surface area contributed by atoms with Crippen LogP contribution < -0.4 is 5.32 Å². The van der Waals surface area contributed by atoms with Gasteiger partial charge in [-0.05, 0) is 75.3 Å². The molecule has 3 heterocycles. The number of aromatic nitrogens is 3. The highest BCUT2D eigenvalue weighted by Crippen LogP contribution is 2.25. The average molecular weight is 468 g/mol. The summed E-state index contributed by atoms with van der Waals surface area (Å²) in [7, 11) is -1.26. The second-order valence-electron chi connectivity index (χ2n) is 8.71. The van der Waals surface area contributed by atoms with Crippen molar-refractivity contribution in [2.75, 3.05) is 26.4 Å². The van der Waals surface area contributed by atoms with Crippen LogP contribution in [0, 0.1) is 6.92 Å². The number of piperidine rings is 1. The number of pyridine rings is 1. The monoisotopic (exact) mass is 467 g/mol. The Labute approximate surface area is 194 Å². The van der Waals surface area contributed by atoms with Gasteiger partial charge in [0.25, 0.3) is 5.91 Å². The average Bonchev–Trinajstić information content (AvgIpc) is 3.28. The summed E-state index contributed by atoms with van der Waals surface area (Å²) in [5.41, 5.74) is 3.63. The summed E-state index contributed by atoms with van der Waals surface area (Å²) in [6.45, 7) is 4.09. The van der Waals surface area contributed by atoms with Crippen molar-refractivity contribution in [1.82, 2.24) is 25.0 Å². The van der Waals surface area contributed by atoms with Crippen molar-refractivity contribution in [3.63, 3.8) is 0 Å². The fourth-order valence-corrected chi connectivity index (χ4v) is 5.11. The molecule has 1 aliphatic heterocycles. The van der Waals surface area contributed by atoms with Crippen molar-refractivity contribution in [2.24, 2.45) is 0 Å². The van der Waals surface area contributed by atoms with Gasteiger partial charge in [0.05, 0.1) is 29.4 Å². The first-order valence-corrected chi connectivity index (χ1v) is 12.9. The highest BCUT2D eigenvalue weighted by atomic mass is 32.2. The molecule has 0 spiro atoms. The van der Waals surface area contributed by atoms with E-state index in [9.17, 15) is 13.2 Å². The number of rotatable bonds is 6. The smallest absolute Gasteiger partial charge is 0.251 e. The molecule has 0 saturated carbocycles. The first-order valence-electron chi connectivity index (χ1n) is 11.0. The summed E-state index contributed by atoms with van der Waals surface area (Å²) in [5, 5.41) is 7.41. The molecule has 174 valence electrons. The lowest BCUT2D eigenvalue weighted by atomic mass is 10.1. The van der Waals surface area contributed by atoms with Gasteiger partial charge in [0.15, 0.2) is 9.84 Å². The van der Waals surface area contributed by atoms with Crippen molar-refractivity contribution in [2.45, 2.75) is 37.2 Å². The number of hydrogen-bond donors (Lipinski definition) is 1. The lowest BCUT2D eigenvalue weighted by Crippen LogP contribution is -2.31. The van der Waals surface area contributed by atoms with E-state index in [4.69, 9.17) is 0 Å². The highest BCUT2D eigenvalue weighted by molar-refractivity contribution is 7.90. The molecule has 1 N–H and O–H groups in total. The van der Waals surface area contributed by atoms with Gasteiger partial charge in [0.1, 0.15) is 0 Å². The second-order valence-corrected chi connectivity index (χ2v) is 10.7. The molecule has 3 aromatic rings. The molecule has 1 saturated heterocycles. The third-order valence-electron chi connectivity index (χ3n) is 6.09. The van der Waals surface area contributed by atoms with Crippen LogP contribution in [0.5, 0.6) is 0 Å². The fraction of sp³-hybridized carbons (Fsp3) is 0.375. The number of carbonyl (C=O) groups is 1. The van der Waals surface area contributed by atoms with Crippen molar-refractivity contribution in [1.29, 1.82) is 0 Å². The molecule has 1 fully saturated rings. The Morgan fingerprint density at radius 1 is 1.15 bits per heavy atom. The number of nitrogens with zero attached hydrogens (tertiary/aromatic N) is 4. The standard InChI is InChI=1S/C24H29N5O3S/c1-17-4-5-19(13-23(17)33(3,31)32)24(30)26-15-21-12-18(6-9-25-21)20-14-27-29(16-20)22-7-10-28(2)11-8-22/h4-6,9,12-14,16,22H,7-8,10-11,15H2,1-3H3,(H,26,30).